The Balaban J connectivity index is 1.37. The van der Waals surface area contributed by atoms with Gasteiger partial charge in [-0.1, -0.05) is 77.7 Å². The van der Waals surface area contributed by atoms with E-state index >= 15 is 0 Å². The molecule has 2 saturated carbocycles. The van der Waals surface area contributed by atoms with Crippen LogP contribution in [0.1, 0.15) is 110 Å². The maximum atomic E-state index is 14.4. The number of carbonyl (C=O) groups excluding carboxylic acids is 5. The number of rotatable bonds is 7. The maximum Gasteiger partial charge on any atom is 0.315 e. The molecule has 4 N–H and O–H groups in total. The first-order valence-electron chi connectivity index (χ1n) is 18.2. The summed E-state index contributed by atoms with van der Waals surface area (Å²) < 4.78 is 26.1. The summed E-state index contributed by atoms with van der Waals surface area (Å²) in [6, 6.07) is -3.29. The highest BCUT2D eigenvalue weighted by Crippen LogP contribution is 2.65. The van der Waals surface area contributed by atoms with Crippen LogP contribution in [0.2, 0.25) is 0 Å². The Morgan fingerprint density at radius 1 is 0.938 bits per heavy atom. The molecule has 0 radical (unpaired) electrons. The molecule has 5 aliphatic rings. The van der Waals surface area contributed by atoms with Crippen LogP contribution in [0.5, 0.6) is 0 Å². The van der Waals surface area contributed by atoms with Crippen LogP contribution >= 0.6 is 0 Å². The molecular formula is C35H55N5O7S. The monoisotopic (exact) mass is 689 g/mol. The lowest BCUT2D eigenvalue weighted by atomic mass is 9.78. The van der Waals surface area contributed by atoms with Crippen molar-refractivity contribution in [2.75, 3.05) is 18.8 Å². The van der Waals surface area contributed by atoms with Crippen LogP contribution < -0.4 is 21.3 Å². The van der Waals surface area contributed by atoms with Crippen LogP contribution in [-0.4, -0.2) is 90.6 Å². The average molecular weight is 690 g/mol. The molecule has 13 heteroatoms. The van der Waals surface area contributed by atoms with Gasteiger partial charge in [0.15, 0.2) is 9.84 Å². The Morgan fingerprint density at radius 3 is 2.23 bits per heavy atom. The van der Waals surface area contributed by atoms with Crippen LogP contribution in [-0.2, 0) is 29.0 Å². The molecule has 0 aromatic carbocycles. The third-order valence-electron chi connectivity index (χ3n) is 11.9. The molecule has 0 bridgehead atoms. The summed E-state index contributed by atoms with van der Waals surface area (Å²) in [6.45, 7) is 8.21. The van der Waals surface area contributed by atoms with E-state index in [9.17, 15) is 32.4 Å². The van der Waals surface area contributed by atoms with Crippen molar-refractivity contribution in [3.63, 3.8) is 0 Å². The normalized spacial score (nSPS) is 33.1. The molecule has 5 fully saturated rings. The van der Waals surface area contributed by atoms with Crippen LogP contribution in [0, 0.1) is 17.3 Å². The number of amides is 5. The topological polar surface area (TPSA) is 171 Å². The summed E-state index contributed by atoms with van der Waals surface area (Å²) in [4.78, 5) is 69.5. The summed E-state index contributed by atoms with van der Waals surface area (Å²) in [5.41, 5.74) is -1.04. The molecule has 6 atom stereocenters. The number of fused-ring (bicyclic) bond motifs is 3. The first kappa shape index (κ1) is 36.3. The van der Waals surface area contributed by atoms with E-state index in [1.807, 2.05) is 0 Å². The molecule has 5 amide bonds. The zero-order valence-electron chi connectivity index (χ0n) is 28.7. The lowest BCUT2D eigenvalue weighted by Gasteiger charge is -2.42. The SMILES string of the molecule is C=CCNC(=O)C(=O)[C@H]1CCCCCCCC[C@@H](NC(=O)NC2([C@@H]3CCCS3(=O)=O)CCCCC2)C(=O)N2C[C@H]3[C@@H]([C@H]2C(=O)N1)C3(C)C. The fraction of sp³-hybridized carbons (Fsp3) is 0.800. The van der Waals surface area contributed by atoms with E-state index in [2.05, 4.69) is 41.7 Å². The Bertz CT molecular complexity index is 1370. The van der Waals surface area contributed by atoms with Gasteiger partial charge in [0.1, 0.15) is 12.1 Å². The highest BCUT2D eigenvalue weighted by Gasteiger charge is 2.69. The van der Waals surface area contributed by atoms with Gasteiger partial charge in [0.25, 0.3) is 5.91 Å². The molecule has 0 spiro atoms. The van der Waals surface area contributed by atoms with Crippen LogP contribution in [0.4, 0.5) is 4.79 Å². The van der Waals surface area contributed by atoms with E-state index in [1.54, 1.807) is 4.90 Å². The minimum atomic E-state index is -3.34. The van der Waals surface area contributed by atoms with E-state index in [1.165, 1.54) is 6.08 Å². The van der Waals surface area contributed by atoms with E-state index in [0.717, 1.165) is 44.9 Å². The lowest BCUT2D eigenvalue weighted by molar-refractivity contribution is -0.144. The first-order chi connectivity index (χ1) is 22.8. The van der Waals surface area contributed by atoms with Gasteiger partial charge < -0.3 is 26.2 Å². The van der Waals surface area contributed by atoms with Gasteiger partial charge in [-0.2, -0.15) is 0 Å². The van der Waals surface area contributed by atoms with Crippen molar-refractivity contribution in [2.45, 2.75) is 139 Å². The van der Waals surface area contributed by atoms with E-state index < -0.39 is 62.4 Å². The molecule has 3 saturated heterocycles. The van der Waals surface area contributed by atoms with E-state index in [0.29, 0.717) is 57.9 Å². The fourth-order valence-electron chi connectivity index (χ4n) is 9.15. The van der Waals surface area contributed by atoms with Gasteiger partial charge in [0.05, 0.1) is 22.6 Å². The smallest absolute Gasteiger partial charge is 0.315 e. The Kier molecular flexibility index (Phi) is 11.3. The lowest BCUT2D eigenvalue weighted by Crippen LogP contribution is -2.63. The minimum absolute atomic E-state index is 0.0914. The van der Waals surface area contributed by atoms with Gasteiger partial charge in [-0.25, -0.2) is 13.2 Å². The highest BCUT2D eigenvalue weighted by atomic mass is 32.2. The number of urea groups is 1. The quantitative estimate of drug-likeness (QED) is 0.235. The number of ketones is 1. The van der Waals surface area contributed by atoms with Gasteiger partial charge >= 0.3 is 6.03 Å². The number of sulfone groups is 1. The molecule has 12 nitrogen and oxygen atoms in total. The Morgan fingerprint density at radius 2 is 1.58 bits per heavy atom. The number of Topliss-reactive ketones (excluding diaryl/α,β-unsaturated/α-hetero) is 1. The number of nitrogens with zero attached hydrogens (tertiary/aromatic N) is 1. The predicted octanol–water partition coefficient (Wildman–Crippen LogP) is 2.91. The van der Waals surface area contributed by atoms with Gasteiger partial charge in [-0.05, 0) is 55.8 Å². The maximum absolute atomic E-state index is 14.4. The minimum Gasteiger partial charge on any atom is -0.346 e. The molecule has 2 aliphatic carbocycles. The zero-order chi connectivity index (χ0) is 34.7. The predicted molar refractivity (Wildman–Crippen MR) is 181 cm³/mol. The largest absolute Gasteiger partial charge is 0.346 e. The Hall–Kier alpha value is -2.96. The van der Waals surface area contributed by atoms with Gasteiger partial charge in [-0.15, -0.1) is 6.58 Å². The molecule has 48 heavy (non-hydrogen) atoms. The van der Waals surface area contributed by atoms with Crippen molar-refractivity contribution in [3.8, 4) is 0 Å². The average Bonchev–Trinajstić information content (AvgIpc) is 3.36. The first-order valence-corrected chi connectivity index (χ1v) is 19.9. The molecule has 3 aliphatic heterocycles. The molecule has 0 aromatic heterocycles. The fourth-order valence-corrected chi connectivity index (χ4v) is 11.5. The molecule has 3 heterocycles. The zero-order valence-corrected chi connectivity index (χ0v) is 29.5. The van der Waals surface area contributed by atoms with Crippen LogP contribution in [0.25, 0.3) is 0 Å². The number of hydrogen-bond donors (Lipinski definition) is 4. The summed E-state index contributed by atoms with van der Waals surface area (Å²) in [7, 11) is -3.34. The van der Waals surface area contributed by atoms with Gasteiger partial charge in [0, 0.05) is 13.1 Å². The van der Waals surface area contributed by atoms with Crippen LogP contribution in [0.3, 0.4) is 0 Å². The summed E-state index contributed by atoms with van der Waals surface area (Å²) in [5.74, 6) is -2.19. The van der Waals surface area contributed by atoms with Crippen molar-refractivity contribution < 1.29 is 32.4 Å². The second-order valence-electron chi connectivity index (χ2n) is 15.4. The van der Waals surface area contributed by atoms with E-state index in [4.69, 9.17) is 0 Å². The highest BCUT2D eigenvalue weighted by molar-refractivity contribution is 7.92. The van der Waals surface area contributed by atoms with Crippen molar-refractivity contribution in [2.24, 2.45) is 17.3 Å². The molecule has 268 valence electrons. The third kappa shape index (κ3) is 7.60. The van der Waals surface area contributed by atoms with E-state index in [-0.39, 0.29) is 35.5 Å². The van der Waals surface area contributed by atoms with Crippen molar-refractivity contribution in [3.05, 3.63) is 12.7 Å². The van der Waals surface area contributed by atoms with Crippen molar-refractivity contribution in [1.82, 2.24) is 26.2 Å². The molecule has 0 aromatic rings. The summed E-state index contributed by atoms with van der Waals surface area (Å²) in [5, 5.41) is 10.8. The Labute approximate surface area is 285 Å². The van der Waals surface area contributed by atoms with Gasteiger partial charge in [-0.3, -0.25) is 19.2 Å². The number of hydrogen-bond acceptors (Lipinski definition) is 7. The number of piperidine rings is 1. The van der Waals surface area contributed by atoms with Crippen molar-refractivity contribution >= 4 is 39.4 Å². The van der Waals surface area contributed by atoms with Crippen LogP contribution in [0.15, 0.2) is 12.7 Å². The number of nitrogens with one attached hydrogen (secondary N) is 4. The van der Waals surface area contributed by atoms with Crippen molar-refractivity contribution in [1.29, 1.82) is 0 Å². The second kappa shape index (κ2) is 14.9. The molecular weight excluding hydrogens is 634 g/mol. The molecule has 0 unspecified atom stereocenters. The van der Waals surface area contributed by atoms with Gasteiger partial charge in [0.2, 0.25) is 17.6 Å². The third-order valence-corrected chi connectivity index (χ3v) is 14.3. The molecule has 5 rings (SSSR count). The second-order valence-corrected chi connectivity index (χ2v) is 17.7. The summed E-state index contributed by atoms with van der Waals surface area (Å²) in [6.07, 6.45) is 12.0. The summed E-state index contributed by atoms with van der Waals surface area (Å²) >= 11 is 0. The number of carbonyl (C=O) groups is 5. The standard InChI is InChI=1S/C35H55N5O7S/c1-4-20-36-31(43)29(41)24-15-10-7-5-6-8-11-16-25(32(44)40-22-23-27(34(23,2)3)28(40)30(42)37-24)38-33(45)39-35(18-12-9-13-19-35)26-17-14-21-48(26,46)47/h4,23-28H,1,5-22H2,2-3H3,(H,36,43)(H,37,42)(H2,38,39,45)/t23-,24+,25+,26-,27-,28-/m0/s1.